The Labute approximate surface area is 157 Å². The Kier molecular flexibility index (Phi) is 5.69. The van der Waals surface area contributed by atoms with Crippen molar-refractivity contribution in [2.75, 3.05) is 12.4 Å². The van der Waals surface area contributed by atoms with Gasteiger partial charge in [0.25, 0.3) is 5.56 Å². The highest BCUT2D eigenvalue weighted by Crippen LogP contribution is 2.31. The Morgan fingerprint density at radius 1 is 1.22 bits per heavy atom. The molecule has 1 aliphatic carbocycles. The zero-order valence-electron chi connectivity index (χ0n) is 15.5. The van der Waals surface area contributed by atoms with E-state index in [2.05, 4.69) is 15.3 Å². The SMILES string of the molecule is COC(=O)C1CCCC(C(=O)Nc2cccc(-c3nc(C)cc(=O)[nH]3)c2)C1. The van der Waals surface area contributed by atoms with Gasteiger partial charge in [0.05, 0.1) is 13.0 Å². The van der Waals surface area contributed by atoms with Crippen molar-refractivity contribution in [1.82, 2.24) is 9.97 Å². The quantitative estimate of drug-likeness (QED) is 0.807. The number of amides is 1. The summed E-state index contributed by atoms with van der Waals surface area (Å²) in [7, 11) is 1.38. The summed E-state index contributed by atoms with van der Waals surface area (Å²) >= 11 is 0. The zero-order valence-corrected chi connectivity index (χ0v) is 15.5. The number of aromatic nitrogens is 2. The van der Waals surface area contributed by atoms with Crippen molar-refractivity contribution in [1.29, 1.82) is 0 Å². The normalized spacial score (nSPS) is 19.3. The van der Waals surface area contributed by atoms with Gasteiger partial charge in [0.15, 0.2) is 0 Å². The number of H-pyrrole nitrogens is 1. The fraction of sp³-hybridized carbons (Fsp3) is 0.400. The lowest BCUT2D eigenvalue weighted by molar-refractivity contribution is -0.147. The van der Waals surface area contributed by atoms with Gasteiger partial charge in [-0.3, -0.25) is 14.4 Å². The molecule has 2 aromatic rings. The molecule has 2 unspecified atom stereocenters. The highest BCUT2D eigenvalue weighted by molar-refractivity contribution is 5.93. The molecule has 7 heteroatoms. The molecule has 2 atom stereocenters. The Hall–Kier alpha value is -2.96. The number of hydrogen-bond acceptors (Lipinski definition) is 5. The number of carbonyl (C=O) groups excluding carboxylic acids is 2. The molecule has 1 fully saturated rings. The summed E-state index contributed by atoms with van der Waals surface area (Å²) in [5.74, 6) is -0.328. The van der Waals surface area contributed by atoms with Gasteiger partial charge >= 0.3 is 5.97 Å². The topological polar surface area (TPSA) is 101 Å². The highest BCUT2D eigenvalue weighted by atomic mass is 16.5. The lowest BCUT2D eigenvalue weighted by atomic mass is 9.81. The molecule has 1 aliphatic rings. The van der Waals surface area contributed by atoms with E-state index in [4.69, 9.17) is 4.74 Å². The lowest BCUT2D eigenvalue weighted by Gasteiger charge is -2.26. The second-order valence-electron chi connectivity index (χ2n) is 6.89. The monoisotopic (exact) mass is 369 g/mol. The first kappa shape index (κ1) is 18.8. The molecule has 2 N–H and O–H groups in total. The van der Waals surface area contributed by atoms with E-state index in [0.717, 1.165) is 19.3 Å². The maximum absolute atomic E-state index is 12.6. The van der Waals surface area contributed by atoms with E-state index in [9.17, 15) is 14.4 Å². The van der Waals surface area contributed by atoms with Crippen molar-refractivity contribution in [2.45, 2.75) is 32.6 Å². The number of nitrogens with zero attached hydrogens (tertiary/aromatic N) is 1. The van der Waals surface area contributed by atoms with Crippen LogP contribution in [-0.4, -0.2) is 29.0 Å². The molecular formula is C20H23N3O4. The van der Waals surface area contributed by atoms with Gasteiger partial charge in [-0.1, -0.05) is 18.6 Å². The number of ether oxygens (including phenoxy) is 1. The number of benzene rings is 1. The number of methoxy groups -OCH3 is 1. The van der Waals surface area contributed by atoms with Crippen molar-refractivity contribution < 1.29 is 14.3 Å². The van der Waals surface area contributed by atoms with Gasteiger partial charge in [0.1, 0.15) is 5.82 Å². The summed E-state index contributed by atoms with van der Waals surface area (Å²) in [5.41, 5.74) is 1.74. The molecule has 0 saturated heterocycles. The average molecular weight is 369 g/mol. The predicted octanol–water partition coefficient (Wildman–Crippen LogP) is 2.66. The number of rotatable bonds is 4. The van der Waals surface area contributed by atoms with Crippen LogP contribution in [0.2, 0.25) is 0 Å². The third kappa shape index (κ3) is 4.61. The van der Waals surface area contributed by atoms with E-state index in [1.54, 1.807) is 25.1 Å². The maximum atomic E-state index is 12.6. The standard InChI is InChI=1S/C20H23N3O4/c1-12-9-17(24)23-18(21-12)13-5-4-8-16(11-13)22-19(25)14-6-3-7-15(10-14)20(26)27-2/h4-5,8-9,11,14-15H,3,6-7,10H2,1-2H3,(H,22,25)(H,21,23,24). The molecule has 1 saturated carbocycles. The molecule has 3 rings (SSSR count). The molecule has 27 heavy (non-hydrogen) atoms. The largest absolute Gasteiger partial charge is 0.469 e. The summed E-state index contributed by atoms with van der Waals surface area (Å²) in [4.78, 5) is 43.1. The van der Waals surface area contributed by atoms with Gasteiger partial charge in [-0.2, -0.15) is 0 Å². The molecule has 1 amide bonds. The molecule has 142 valence electrons. The van der Waals surface area contributed by atoms with Crippen LogP contribution in [0.15, 0.2) is 35.1 Å². The maximum Gasteiger partial charge on any atom is 0.308 e. The first-order valence-corrected chi connectivity index (χ1v) is 9.03. The van der Waals surface area contributed by atoms with Gasteiger partial charge in [-0.15, -0.1) is 0 Å². The molecule has 0 bridgehead atoms. The van der Waals surface area contributed by atoms with Gasteiger partial charge < -0.3 is 15.0 Å². The second-order valence-corrected chi connectivity index (χ2v) is 6.89. The summed E-state index contributed by atoms with van der Waals surface area (Å²) < 4.78 is 4.81. The predicted molar refractivity (Wildman–Crippen MR) is 101 cm³/mol. The molecule has 1 aromatic carbocycles. The van der Waals surface area contributed by atoms with Crippen LogP contribution < -0.4 is 10.9 Å². The average Bonchev–Trinajstić information content (AvgIpc) is 2.67. The van der Waals surface area contributed by atoms with Crippen LogP contribution >= 0.6 is 0 Å². The van der Waals surface area contributed by atoms with Gasteiger partial charge in [-0.05, 0) is 38.3 Å². The molecule has 1 aromatic heterocycles. The number of nitrogens with one attached hydrogen (secondary N) is 2. The third-order valence-corrected chi connectivity index (χ3v) is 4.85. The van der Waals surface area contributed by atoms with Crippen LogP contribution in [-0.2, 0) is 14.3 Å². The van der Waals surface area contributed by atoms with Gasteiger partial charge in [0.2, 0.25) is 5.91 Å². The van der Waals surface area contributed by atoms with Crippen molar-refractivity contribution in [2.24, 2.45) is 11.8 Å². The van der Waals surface area contributed by atoms with Gasteiger partial charge in [0, 0.05) is 28.9 Å². The summed E-state index contributed by atoms with van der Waals surface area (Å²) in [6, 6.07) is 8.61. The fourth-order valence-electron chi connectivity index (χ4n) is 3.51. The molecule has 0 spiro atoms. The minimum Gasteiger partial charge on any atom is -0.469 e. The van der Waals surface area contributed by atoms with Crippen LogP contribution in [0.3, 0.4) is 0 Å². The molecule has 0 aliphatic heterocycles. The van der Waals surface area contributed by atoms with Crippen molar-refractivity contribution in [3.63, 3.8) is 0 Å². The number of aromatic amines is 1. The smallest absolute Gasteiger partial charge is 0.308 e. The third-order valence-electron chi connectivity index (χ3n) is 4.85. The van der Waals surface area contributed by atoms with Crippen LogP contribution in [0.25, 0.3) is 11.4 Å². The number of hydrogen-bond donors (Lipinski definition) is 2. The van der Waals surface area contributed by atoms with Crippen LogP contribution in [0.4, 0.5) is 5.69 Å². The minimum absolute atomic E-state index is 0.105. The van der Waals surface area contributed by atoms with E-state index >= 15 is 0 Å². The first-order valence-electron chi connectivity index (χ1n) is 9.03. The zero-order chi connectivity index (χ0) is 19.4. The van der Waals surface area contributed by atoms with Gasteiger partial charge in [-0.25, -0.2) is 4.98 Å². The second kappa shape index (κ2) is 8.16. The number of carbonyl (C=O) groups is 2. The van der Waals surface area contributed by atoms with Crippen molar-refractivity contribution >= 4 is 17.6 Å². The van der Waals surface area contributed by atoms with Crippen molar-refractivity contribution in [3.05, 3.63) is 46.4 Å². The van der Waals surface area contributed by atoms with Crippen LogP contribution in [0.1, 0.15) is 31.4 Å². The Balaban J connectivity index is 1.73. The Bertz CT molecular complexity index is 906. The van der Waals surface area contributed by atoms with E-state index in [0.29, 0.717) is 29.2 Å². The Morgan fingerprint density at radius 2 is 2.00 bits per heavy atom. The molecular weight excluding hydrogens is 346 g/mol. The van der Waals surface area contributed by atoms with Crippen LogP contribution in [0.5, 0.6) is 0 Å². The number of aryl methyl sites for hydroxylation is 1. The van der Waals surface area contributed by atoms with E-state index < -0.39 is 0 Å². The first-order chi connectivity index (χ1) is 13.0. The van der Waals surface area contributed by atoms with Crippen LogP contribution in [0, 0.1) is 18.8 Å². The highest BCUT2D eigenvalue weighted by Gasteiger charge is 2.31. The van der Waals surface area contributed by atoms with E-state index in [-0.39, 0.29) is 29.3 Å². The lowest BCUT2D eigenvalue weighted by Crippen LogP contribution is -2.31. The number of esters is 1. The molecule has 7 nitrogen and oxygen atoms in total. The van der Waals surface area contributed by atoms with E-state index in [1.807, 2.05) is 6.07 Å². The molecule has 1 heterocycles. The molecule has 0 radical (unpaired) electrons. The summed E-state index contributed by atoms with van der Waals surface area (Å²) in [6.07, 6.45) is 2.85. The summed E-state index contributed by atoms with van der Waals surface area (Å²) in [5, 5.41) is 2.92. The fourth-order valence-corrected chi connectivity index (χ4v) is 3.51. The van der Waals surface area contributed by atoms with Crippen molar-refractivity contribution in [3.8, 4) is 11.4 Å². The Morgan fingerprint density at radius 3 is 2.74 bits per heavy atom. The summed E-state index contributed by atoms with van der Waals surface area (Å²) in [6.45, 7) is 1.76. The van der Waals surface area contributed by atoms with E-state index in [1.165, 1.54) is 13.2 Å². The number of anilines is 1. The minimum atomic E-state index is -0.246.